The van der Waals surface area contributed by atoms with Gasteiger partial charge in [-0.25, -0.2) is 4.79 Å². The van der Waals surface area contributed by atoms with Crippen molar-refractivity contribution in [3.05, 3.63) is 16.0 Å². The van der Waals surface area contributed by atoms with E-state index in [1.165, 1.54) is 18.3 Å². The summed E-state index contributed by atoms with van der Waals surface area (Å²) in [6.45, 7) is 3.02. The molecule has 0 spiro atoms. The molecule has 1 aromatic heterocycles. The zero-order valence-electron chi connectivity index (χ0n) is 15.4. The highest BCUT2D eigenvalue weighted by Crippen LogP contribution is 2.38. The number of amides is 2. The van der Waals surface area contributed by atoms with Crippen LogP contribution in [0, 0.1) is 0 Å². The lowest BCUT2D eigenvalue weighted by Crippen LogP contribution is -2.41. The maximum Gasteiger partial charge on any atom is 0.342 e. The zero-order valence-corrected chi connectivity index (χ0v) is 16.2. The lowest BCUT2D eigenvalue weighted by molar-refractivity contribution is -0.129. The summed E-state index contributed by atoms with van der Waals surface area (Å²) < 4.78 is 5.46. The van der Waals surface area contributed by atoms with E-state index < -0.39 is 12.1 Å². The number of esters is 1. The third-order valence-corrected chi connectivity index (χ3v) is 6.23. The Bertz CT molecular complexity index is 707. The number of fused-ring (bicyclic) bond motifs is 1. The molecule has 26 heavy (non-hydrogen) atoms. The first-order valence-corrected chi connectivity index (χ1v) is 10.2. The molecular formula is C19H26N2O4S. The Balaban J connectivity index is 1.72. The highest BCUT2D eigenvalue weighted by atomic mass is 32.1. The third kappa shape index (κ3) is 4.26. The molecule has 2 aliphatic carbocycles. The van der Waals surface area contributed by atoms with Gasteiger partial charge in [0.05, 0.1) is 5.56 Å². The molecule has 0 unspecified atom stereocenters. The van der Waals surface area contributed by atoms with Crippen LogP contribution in [0.1, 0.15) is 73.2 Å². The van der Waals surface area contributed by atoms with Crippen molar-refractivity contribution < 1.29 is 19.1 Å². The summed E-state index contributed by atoms with van der Waals surface area (Å²) in [4.78, 5) is 37.7. The van der Waals surface area contributed by atoms with E-state index in [0.29, 0.717) is 10.6 Å². The molecule has 7 heteroatoms. The molecule has 6 nitrogen and oxygen atoms in total. The average molecular weight is 378 g/mol. The Morgan fingerprint density at radius 1 is 1.12 bits per heavy atom. The van der Waals surface area contributed by atoms with Gasteiger partial charge < -0.3 is 15.4 Å². The second-order valence-corrected chi connectivity index (χ2v) is 8.24. The van der Waals surface area contributed by atoms with Gasteiger partial charge in [0.2, 0.25) is 5.91 Å². The van der Waals surface area contributed by atoms with Crippen LogP contribution in [0.5, 0.6) is 0 Å². The Kier molecular flexibility index (Phi) is 5.96. The first-order chi connectivity index (χ1) is 12.5. The first kappa shape index (κ1) is 18.9. The Morgan fingerprint density at radius 2 is 1.81 bits per heavy atom. The van der Waals surface area contributed by atoms with Gasteiger partial charge >= 0.3 is 5.97 Å². The van der Waals surface area contributed by atoms with Gasteiger partial charge in [-0.2, -0.15) is 0 Å². The Hall–Kier alpha value is -1.89. The molecule has 2 aliphatic rings. The SMILES string of the molecule is CC(=O)Nc1sc2c(c1C(=O)O[C@@H](C)C(=O)NC1CCCC1)CCCC2. The van der Waals surface area contributed by atoms with Crippen LogP contribution in [0.25, 0.3) is 0 Å². The predicted octanol–water partition coefficient (Wildman–Crippen LogP) is 3.19. The fourth-order valence-corrected chi connectivity index (χ4v) is 5.01. The fraction of sp³-hybridized carbons (Fsp3) is 0.632. The van der Waals surface area contributed by atoms with E-state index in [4.69, 9.17) is 4.74 Å². The summed E-state index contributed by atoms with van der Waals surface area (Å²) in [5.74, 6) is -0.998. The van der Waals surface area contributed by atoms with Crippen LogP contribution in [0.15, 0.2) is 0 Å². The van der Waals surface area contributed by atoms with Crippen LogP contribution >= 0.6 is 11.3 Å². The Morgan fingerprint density at radius 3 is 2.50 bits per heavy atom. The number of rotatable bonds is 5. The van der Waals surface area contributed by atoms with Crippen LogP contribution < -0.4 is 10.6 Å². The van der Waals surface area contributed by atoms with Crippen molar-refractivity contribution in [1.29, 1.82) is 0 Å². The molecule has 1 atom stereocenters. The second-order valence-electron chi connectivity index (χ2n) is 7.13. The molecule has 1 aromatic rings. The van der Waals surface area contributed by atoms with Crippen molar-refractivity contribution in [2.24, 2.45) is 0 Å². The van der Waals surface area contributed by atoms with Crippen LogP contribution in [-0.2, 0) is 27.2 Å². The molecule has 1 saturated carbocycles. The highest BCUT2D eigenvalue weighted by Gasteiger charge is 2.30. The van der Waals surface area contributed by atoms with Gasteiger partial charge in [-0.05, 0) is 51.0 Å². The molecule has 0 aromatic carbocycles. The number of thiophene rings is 1. The molecule has 2 N–H and O–H groups in total. The topological polar surface area (TPSA) is 84.5 Å². The number of nitrogens with one attached hydrogen (secondary N) is 2. The number of ether oxygens (including phenoxy) is 1. The van der Waals surface area contributed by atoms with E-state index in [1.807, 2.05) is 0 Å². The normalized spacial score (nSPS) is 18.1. The quantitative estimate of drug-likeness (QED) is 0.771. The van der Waals surface area contributed by atoms with E-state index >= 15 is 0 Å². The summed E-state index contributed by atoms with van der Waals surface area (Å²) in [6, 6.07) is 0.187. The van der Waals surface area contributed by atoms with Gasteiger partial charge in [0, 0.05) is 17.8 Å². The van der Waals surface area contributed by atoms with Crippen LogP contribution in [0.3, 0.4) is 0 Å². The summed E-state index contributed by atoms with van der Waals surface area (Å²) in [5, 5.41) is 6.25. The number of anilines is 1. The standard InChI is InChI=1S/C19H26N2O4S/c1-11(17(23)21-13-7-3-4-8-13)25-19(24)16-14-9-5-6-10-15(14)26-18(16)20-12(2)22/h11,13H,3-10H2,1-2H3,(H,20,22)(H,21,23)/t11-/m0/s1. The van der Waals surface area contributed by atoms with E-state index in [-0.39, 0.29) is 17.9 Å². The van der Waals surface area contributed by atoms with Crippen molar-refractivity contribution in [1.82, 2.24) is 5.32 Å². The molecule has 0 saturated heterocycles. The summed E-state index contributed by atoms with van der Waals surface area (Å²) >= 11 is 1.45. The molecule has 142 valence electrons. The zero-order chi connectivity index (χ0) is 18.7. The maximum atomic E-state index is 12.8. The van der Waals surface area contributed by atoms with E-state index in [9.17, 15) is 14.4 Å². The first-order valence-electron chi connectivity index (χ1n) is 9.39. The van der Waals surface area contributed by atoms with Gasteiger partial charge in [-0.3, -0.25) is 9.59 Å². The van der Waals surface area contributed by atoms with Gasteiger partial charge in [-0.1, -0.05) is 12.8 Å². The summed E-state index contributed by atoms with van der Waals surface area (Å²) in [6.07, 6.45) is 7.18. The molecule has 0 bridgehead atoms. The van der Waals surface area contributed by atoms with Crippen molar-refractivity contribution in [3.8, 4) is 0 Å². The van der Waals surface area contributed by atoms with Crippen molar-refractivity contribution in [3.63, 3.8) is 0 Å². The minimum absolute atomic E-state index is 0.187. The van der Waals surface area contributed by atoms with Gasteiger partial charge in [0.25, 0.3) is 5.91 Å². The van der Waals surface area contributed by atoms with Crippen LogP contribution in [0.2, 0.25) is 0 Å². The average Bonchev–Trinajstić information content (AvgIpc) is 3.20. The van der Waals surface area contributed by atoms with Gasteiger partial charge in [-0.15, -0.1) is 11.3 Å². The number of hydrogen-bond acceptors (Lipinski definition) is 5. The van der Waals surface area contributed by atoms with Gasteiger partial charge in [0.1, 0.15) is 5.00 Å². The monoisotopic (exact) mass is 378 g/mol. The number of carbonyl (C=O) groups excluding carboxylic acids is 3. The second kappa shape index (κ2) is 8.20. The smallest absolute Gasteiger partial charge is 0.342 e. The Labute approximate surface area is 157 Å². The summed E-state index contributed by atoms with van der Waals surface area (Å²) in [7, 11) is 0. The van der Waals surface area contributed by atoms with E-state index in [1.54, 1.807) is 6.92 Å². The summed E-state index contributed by atoms with van der Waals surface area (Å²) in [5.41, 5.74) is 1.40. The largest absolute Gasteiger partial charge is 0.449 e. The number of carbonyl (C=O) groups is 3. The number of hydrogen-bond donors (Lipinski definition) is 2. The number of aryl methyl sites for hydroxylation is 1. The molecule has 2 amide bonds. The van der Waals surface area contributed by atoms with Crippen molar-refractivity contribution >= 4 is 34.1 Å². The third-order valence-electron chi connectivity index (χ3n) is 5.02. The molecular weight excluding hydrogens is 352 g/mol. The minimum atomic E-state index is -0.854. The molecule has 1 heterocycles. The predicted molar refractivity (Wildman–Crippen MR) is 101 cm³/mol. The lowest BCUT2D eigenvalue weighted by Gasteiger charge is -2.18. The minimum Gasteiger partial charge on any atom is -0.449 e. The fourth-order valence-electron chi connectivity index (χ4n) is 3.69. The van der Waals surface area contributed by atoms with Crippen molar-refractivity contribution in [2.75, 3.05) is 5.32 Å². The van der Waals surface area contributed by atoms with Crippen LogP contribution in [0.4, 0.5) is 5.00 Å². The molecule has 0 aliphatic heterocycles. The van der Waals surface area contributed by atoms with E-state index in [0.717, 1.165) is 61.8 Å². The van der Waals surface area contributed by atoms with Gasteiger partial charge in [0.15, 0.2) is 6.10 Å². The van der Waals surface area contributed by atoms with Crippen molar-refractivity contribution in [2.45, 2.75) is 77.4 Å². The molecule has 3 rings (SSSR count). The lowest BCUT2D eigenvalue weighted by atomic mass is 9.95. The van der Waals surface area contributed by atoms with Crippen LogP contribution in [-0.4, -0.2) is 29.9 Å². The highest BCUT2D eigenvalue weighted by molar-refractivity contribution is 7.17. The molecule has 0 radical (unpaired) electrons. The van der Waals surface area contributed by atoms with E-state index in [2.05, 4.69) is 10.6 Å². The maximum absolute atomic E-state index is 12.8. The molecule has 1 fully saturated rings.